The van der Waals surface area contributed by atoms with Gasteiger partial charge in [0.05, 0.1) is 17.4 Å². The lowest BCUT2D eigenvalue weighted by atomic mass is 10.2. The van der Waals surface area contributed by atoms with Gasteiger partial charge in [0.2, 0.25) is 0 Å². The van der Waals surface area contributed by atoms with Crippen LogP contribution in [0, 0.1) is 0 Å². The Morgan fingerprint density at radius 3 is 2.65 bits per heavy atom. The van der Waals surface area contributed by atoms with Gasteiger partial charge in [0.1, 0.15) is 0 Å². The summed E-state index contributed by atoms with van der Waals surface area (Å²) in [6, 6.07) is 1.79. The quantitative estimate of drug-likeness (QED) is 0.851. The second-order valence-electron chi connectivity index (χ2n) is 4.38. The number of carbonyl (C=O) groups excluding carboxylic acids is 1. The molecule has 1 saturated heterocycles. The minimum Gasteiger partial charge on any atom is -0.386 e. The van der Waals surface area contributed by atoms with E-state index in [1.54, 1.807) is 18.5 Å². The number of hydrogen-bond donors (Lipinski definition) is 1. The van der Waals surface area contributed by atoms with Crippen molar-refractivity contribution in [3.8, 4) is 0 Å². The molecular formula is C13H19N3O. The van der Waals surface area contributed by atoms with Gasteiger partial charge < -0.3 is 10.2 Å². The molecule has 0 aliphatic carbocycles. The van der Waals surface area contributed by atoms with Crippen LogP contribution in [0.2, 0.25) is 0 Å². The lowest BCUT2D eigenvalue weighted by Crippen LogP contribution is -2.32. The van der Waals surface area contributed by atoms with Gasteiger partial charge in [-0.05, 0) is 18.9 Å². The lowest BCUT2D eigenvalue weighted by molar-refractivity contribution is 0.0762. The van der Waals surface area contributed by atoms with Crippen LogP contribution in [0.25, 0.3) is 0 Å². The average Bonchev–Trinajstić information content (AvgIpc) is 2.66. The molecule has 1 amide bonds. The lowest BCUT2D eigenvalue weighted by Gasteiger charge is -2.21. The van der Waals surface area contributed by atoms with E-state index in [2.05, 4.69) is 10.3 Å². The number of nitrogens with zero attached hydrogens (tertiary/aromatic N) is 2. The fourth-order valence-electron chi connectivity index (χ4n) is 2.22. The molecule has 0 radical (unpaired) electrons. The summed E-state index contributed by atoms with van der Waals surface area (Å²) >= 11 is 0. The first-order chi connectivity index (χ1) is 8.33. The van der Waals surface area contributed by atoms with E-state index in [1.165, 1.54) is 12.8 Å². The molecule has 4 heteroatoms. The smallest absolute Gasteiger partial charge is 0.256 e. The maximum absolute atomic E-state index is 12.4. The third kappa shape index (κ3) is 2.75. The van der Waals surface area contributed by atoms with Gasteiger partial charge in [-0.25, -0.2) is 0 Å². The molecule has 4 nitrogen and oxygen atoms in total. The van der Waals surface area contributed by atoms with Gasteiger partial charge in [0.15, 0.2) is 0 Å². The van der Waals surface area contributed by atoms with E-state index in [0.717, 1.165) is 37.2 Å². The molecule has 1 aliphatic rings. The highest BCUT2D eigenvalue weighted by Crippen LogP contribution is 2.18. The number of anilines is 1. The van der Waals surface area contributed by atoms with Crippen molar-refractivity contribution in [2.24, 2.45) is 0 Å². The average molecular weight is 233 g/mol. The number of rotatable bonds is 2. The van der Waals surface area contributed by atoms with Crippen LogP contribution in [0.5, 0.6) is 0 Å². The Kier molecular flexibility index (Phi) is 3.96. The van der Waals surface area contributed by atoms with Gasteiger partial charge in [-0.3, -0.25) is 9.78 Å². The molecular weight excluding hydrogens is 214 g/mol. The van der Waals surface area contributed by atoms with Crippen LogP contribution in [0.4, 0.5) is 5.69 Å². The zero-order valence-electron chi connectivity index (χ0n) is 10.3. The van der Waals surface area contributed by atoms with Crippen molar-refractivity contribution in [3.05, 3.63) is 24.0 Å². The van der Waals surface area contributed by atoms with Crippen molar-refractivity contribution in [2.45, 2.75) is 25.7 Å². The Labute approximate surface area is 102 Å². The van der Waals surface area contributed by atoms with E-state index in [1.807, 2.05) is 11.9 Å². The van der Waals surface area contributed by atoms with Gasteiger partial charge >= 0.3 is 0 Å². The highest BCUT2D eigenvalue weighted by atomic mass is 16.2. The maximum Gasteiger partial charge on any atom is 0.256 e. The molecule has 1 aromatic rings. The van der Waals surface area contributed by atoms with Crippen molar-refractivity contribution in [1.29, 1.82) is 0 Å². The standard InChI is InChI=1S/C13H19N3O/c1-14-12-10-15-7-6-11(12)13(17)16-8-4-2-3-5-9-16/h6-7,10,14H,2-5,8-9H2,1H3. The van der Waals surface area contributed by atoms with Crippen LogP contribution in [0.3, 0.4) is 0 Å². The topological polar surface area (TPSA) is 45.2 Å². The Morgan fingerprint density at radius 1 is 1.29 bits per heavy atom. The van der Waals surface area contributed by atoms with Crippen molar-refractivity contribution in [1.82, 2.24) is 9.88 Å². The number of nitrogens with one attached hydrogen (secondary N) is 1. The van der Waals surface area contributed by atoms with Gasteiger partial charge in [-0.2, -0.15) is 0 Å². The molecule has 1 fully saturated rings. The van der Waals surface area contributed by atoms with Crippen molar-refractivity contribution < 1.29 is 4.79 Å². The second kappa shape index (κ2) is 5.66. The molecule has 0 atom stereocenters. The van der Waals surface area contributed by atoms with Crippen LogP contribution >= 0.6 is 0 Å². The van der Waals surface area contributed by atoms with E-state index in [0.29, 0.717) is 0 Å². The summed E-state index contributed by atoms with van der Waals surface area (Å²) < 4.78 is 0. The monoisotopic (exact) mass is 233 g/mol. The Hall–Kier alpha value is -1.58. The second-order valence-corrected chi connectivity index (χ2v) is 4.38. The van der Waals surface area contributed by atoms with Gasteiger partial charge in [0, 0.05) is 26.3 Å². The van der Waals surface area contributed by atoms with Gasteiger partial charge in [0.25, 0.3) is 5.91 Å². The summed E-state index contributed by atoms with van der Waals surface area (Å²) in [7, 11) is 1.82. The number of carbonyl (C=O) groups is 1. The summed E-state index contributed by atoms with van der Waals surface area (Å²) in [6.07, 6.45) is 8.08. The summed E-state index contributed by atoms with van der Waals surface area (Å²) in [5.74, 6) is 0.124. The van der Waals surface area contributed by atoms with E-state index >= 15 is 0 Å². The summed E-state index contributed by atoms with van der Waals surface area (Å²) in [6.45, 7) is 1.76. The minimum absolute atomic E-state index is 0.124. The molecule has 1 aliphatic heterocycles. The first kappa shape index (κ1) is 11.9. The molecule has 0 saturated carbocycles. The minimum atomic E-state index is 0.124. The van der Waals surface area contributed by atoms with Gasteiger partial charge in [-0.1, -0.05) is 12.8 Å². The fraction of sp³-hybridized carbons (Fsp3) is 0.538. The predicted molar refractivity (Wildman–Crippen MR) is 68.2 cm³/mol. The first-order valence-corrected chi connectivity index (χ1v) is 6.24. The molecule has 92 valence electrons. The van der Waals surface area contributed by atoms with Gasteiger partial charge in [-0.15, -0.1) is 0 Å². The number of pyridine rings is 1. The van der Waals surface area contributed by atoms with Crippen LogP contribution < -0.4 is 5.32 Å². The molecule has 2 heterocycles. The van der Waals surface area contributed by atoms with Crippen LogP contribution in [-0.4, -0.2) is 35.9 Å². The highest BCUT2D eigenvalue weighted by Gasteiger charge is 2.19. The van der Waals surface area contributed by atoms with E-state index in [-0.39, 0.29) is 5.91 Å². The van der Waals surface area contributed by atoms with Crippen molar-refractivity contribution in [2.75, 3.05) is 25.5 Å². The van der Waals surface area contributed by atoms with Crippen LogP contribution in [0.15, 0.2) is 18.5 Å². The zero-order valence-corrected chi connectivity index (χ0v) is 10.3. The number of hydrogen-bond acceptors (Lipinski definition) is 3. The molecule has 17 heavy (non-hydrogen) atoms. The van der Waals surface area contributed by atoms with E-state index in [9.17, 15) is 4.79 Å². The Bertz CT molecular complexity index is 384. The molecule has 0 unspecified atom stereocenters. The molecule has 0 bridgehead atoms. The predicted octanol–water partition coefficient (Wildman–Crippen LogP) is 2.14. The zero-order chi connectivity index (χ0) is 12.1. The van der Waals surface area contributed by atoms with E-state index in [4.69, 9.17) is 0 Å². The summed E-state index contributed by atoms with van der Waals surface area (Å²) in [4.78, 5) is 18.4. The van der Waals surface area contributed by atoms with Crippen LogP contribution in [0.1, 0.15) is 36.0 Å². The third-order valence-corrected chi connectivity index (χ3v) is 3.21. The SMILES string of the molecule is CNc1cnccc1C(=O)N1CCCCCC1. The number of aromatic nitrogens is 1. The first-order valence-electron chi connectivity index (χ1n) is 6.24. The molecule has 1 aromatic heterocycles. The summed E-state index contributed by atoms with van der Waals surface area (Å²) in [5, 5.41) is 3.02. The maximum atomic E-state index is 12.4. The number of likely N-dealkylation sites (tertiary alicyclic amines) is 1. The van der Waals surface area contributed by atoms with Crippen molar-refractivity contribution >= 4 is 11.6 Å². The fourth-order valence-corrected chi connectivity index (χ4v) is 2.22. The normalized spacial score (nSPS) is 16.4. The number of amides is 1. The molecule has 1 N–H and O–H groups in total. The third-order valence-electron chi connectivity index (χ3n) is 3.21. The van der Waals surface area contributed by atoms with Crippen LogP contribution in [-0.2, 0) is 0 Å². The summed E-state index contributed by atoms with van der Waals surface area (Å²) in [5.41, 5.74) is 1.53. The van der Waals surface area contributed by atoms with Crippen molar-refractivity contribution in [3.63, 3.8) is 0 Å². The Balaban J connectivity index is 2.17. The molecule has 2 rings (SSSR count). The molecule has 0 spiro atoms. The highest BCUT2D eigenvalue weighted by molar-refractivity contribution is 5.99. The van der Waals surface area contributed by atoms with E-state index < -0.39 is 0 Å². The molecule has 0 aromatic carbocycles. The Morgan fingerprint density at radius 2 is 2.00 bits per heavy atom. The largest absolute Gasteiger partial charge is 0.386 e.